The summed E-state index contributed by atoms with van der Waals surface area (Å²) in [5, 5.41) is 2.62. The van der Waals surface area contributed by atoms with Crippen molar-refractivity contribution in [2.24, 2.45) is 0 Å². The Balaban J connectivity index is 2.51. The van der Waals surface area contributed by atoms with Gasteiger partial charge in [0.25, 0.3) is 5.91 Å². The topological polar surface area (TPSA) is 38.3 Å². The van der Waals surface area contributed by atoms with Crippen molar-refractivity contribution in [1.29, 1.82) is 0 Å². The average molecular weight is 276 g/mol. The predicted molar refractivity (Wildman–Crippen MR) is 65.3 cm³/mol. The number of hydrogen-bond acceptors (Lipinski definition) is 2. The molecule has 0 spiro atoms. The van der Waals surface area contributed by atoms with Crippen LogP contribution < -0.4 is 10.1 Å². The zero-order valence-electron chi connectivity index (χ0n) is 9.41. The Hall–Kier alpha value is -1.62. The molecule has 1 N–H and O–H groups in total. The third-order valence-corrected chi connectivity index (χ3v) is 2.16. The van der Waals surface area contributed by atoms with Crippen molar-refractivity contribution in [3.8, 4) is 5.75 Å². The molecule has 3 nitrogen and oxygen atoms in total. The van der Waals surface area contributed by atoms with E-state index < -0.39 is 6.61 Å². The van der Waals surface area contributed by atoms with E-state index in [0.29, 0.717) is 18.0 Å². The van der Waals surface area contributed by atoms with E-state index in [9.17, 15) is 13.6 Å². The van der Waals surface area contributed by atoms with Gasteiger partial charge in [-0.15, -0.1) is 11.6 Å². The number of benzene rings is 1. The lowest BCUT2D eigenvalue weighted by Gasteiger charge is -2.05. The van der Waals surface area contributed by atoms with Gasteiger partial charge < -0.3 is 10.1 Å². The average Bonchev–Trinajstić information content (AvgIpc) is 2.34. The zero-order valence-corrected chi connectivity index (χ0v) is 10.2. The minimum atomic E-state index is -2.87. The van der Waals surface area contributed by atoms with Crippen molar-refractivity contribution >= 4 is 17.5 Å². The second-order valence-electron chi connectivity index (χ2n) is 3.24. The molecule has 0 aliphatic rings. The van der Waals surface area contributed by atoms with Crippen molar-refractivity contribution in [1.82, 2.24) is 5.32 Å². The molecule has 1 aromatic rings. The molecule has 1 amide bonds. The van der Waals surface area contributed by atoms with Gasteiger partial charge in [0.2, 0.25) is 0 Å². The van der Waals surface area contributed by atoms with Crippen LogP contribution in [-0.4, -0.2) is 24.9 Å². The molecule has 98 valence electrons. The molecule has 0 radical (unpaired) electrons. The van der Waals surface area contributed by atoms with Gasteiger partial charge in [0.15, 0.2) is 0 Å². The van der Waals surface area contributed by atoms with E-state index in [-0.39, 0.29) is 11.7 Å². The van der Waals surface area contributed by atoms with Gasteiger partial charge in [-0.3, -0.25) is 4.79 Å². The van der Waals surface area contributed by atoms with Crippen molar-refractivity contribution < 1.29 is 18.3 Å². The van der Waals surface area contributed by atoms with Gasteiger partial charge in [0.05, 0.1) is 0 Å². The number of allylic oxidation sites excluding steroid dienone is 1. The maximum Gasteiger partial charge on any atom is 0.387 e. The maximum absolute atomic E-state index is 11.9. The van der Waals surface area contributed by atoms with Crippen LogP contribution in [0.3, 0.4) is 0 Å². The molecular weight excluding hydrogens is 264 g/mol. The molecule has 0 aromatic heterocycles. The molecule has 1 aromatic carbocycles. The lowest BCUT2D eigenvalue weighted by molar-refractivity contribution is -0.0498. The first-order chi connectivity index (χ1) is 8.63. The fraction of sp³-hybridized carbons (Fsp3) is 0.250. The highest BCUT2D eigenvalue weighted by molar-refractivity contribution is 6.18. The van der Waals surface area contributed by atoms with Crippen molar-refractivity contribution in [3.63, 3.8) is 0 Å². The monoisotopic (exact) mass is 275 g/mol. The molecule has 0 saturated heterocycles. The minimum absolute atomic E-state index is 0.0172. The number of carbonyl (C=O) groups is 1. The number of ether oxygens (including phenoxy) is 1. The summed E-state index contributed by atoms with van der Waals surface area (Å²) in [6.45, 7) is -2.51. The smallest absolute Gasteiger partial charge is 0.387 e. The van der Waals surface area contributed by atoms with Gasteiger partial charge in [-0.2, -0.15) is 8.78 Å². The summed E-state index contributed by atoms with van der Waals surface area (Å²) in [5.74, 6) is 0.108. The first-order valence-corrected chi connectivity index (χ1v) is 5.71. The first-order valence-electron chi connectivity index (χ1n) is 5.17. The maximum atomic E-state index is 11.9. The van der Waals surface area contributed by atoms with Crippen LogP contribution in [0.5, 0.6) is 5.75 Å². The van der Waals surface area contributed by atoms with Gasteiger partial charge in [-0.05, 0) is 24.3 Å². The third kappa shape index (κ3) is 5.14. The summed E-state index contributed by atoms with van der Waals surface area (Å²) in [7, 11) is 0. The standard InChI is InChI=1S/C12H12ClF2NO2/c13-7-1-2-8-16-11(17)9-3-5-10(6-4-9)18-12(14)15/h1-6,12H,7-8H2,(H,16,17)/b2-1+. The quantitative estimate of drug-likeness (QED) is 0.640. The Morgan fingerprint density at radius 3 is 2.56 bits per heavy atom. The molecule has 0 unspecified atom stereocenters. The van der Waals surface area contributed by atoms with Crippen LogP contribution in [0.4, 0.5) is 8.78 Å². The third-order valence-electron chi connectivity index (χ3n) is 1.98. The Labute approximate surface area is 108 Å². The number of alkyl halides is 3. The van der Waals surface area contributed by atoms with Crippen LogP contribution in [0.25, 0.3) is 0 Å². The number of nitrogens with one attached hydrogen (secondary N) is 1. The van der Waals surface area contributed by atoms with Gasteiger partial charge in [0.1, 0.15) is 5.75 Å². The van der Waals surface area contributed by atoms with E-state index in [0.717, 1.165) is 0 Å². The number of carbonyl (C=O) groups excluding carboxylic acids is 1. The molecule has 18 heavy (non-hydrogen) atoms. The van der Waals surface area contributed by atoms with Crippen molar-refractivity contribution in [2.45, 2.75) is 6.61 Å². The Morgan fingerprint density at radius 1 is 1.33 bits per heavy atom. The molecule has 0 aliphatic heterocycles. The summed E-state index contributed by atoms with van der Waals surface area (Å²) < 4.78 is 28.0. The van der Waals surface area contributed by atoms with Crippen LogP contribution in [-0.2, 0) is 0 Å². The van der Waals surface area contributed by atoms with E-state index in [1.165, 1.54) is 24.3 Å². The molecule has 0 bridgehead atoms. The van der Waals surface area contributed by atoms with Crippen LogP contribution in [0, 0.1) is 0 Å². The normalized spacial score (nSPS) is 10.9. The Morgan fingerprint density at radius 2 is 2.00 bits per heavy atom. The van der Waals surface area contributed by atoms with Gasteiger partial charge in [-0.25, -0.2) is 0 Å². The Kier molecular flexibility index (Phi) is 6.14. The highest BCUT2D eigenvalue weighted by atomic mass is 35.5. The first kappa shape index (κ1) is 14.4. The SMILES string of the molecule is O=C(NC/C=C/CCl)c1ccc(OC(F)F)cc1. The van der Waals surface area contributed by atoms with E-state index >= 15 is 0 Å². The van der Waals surface area contributed by atoms with Crippen LogP contribution in [0.2, 0.25) is 0 Å². The van der Waals surface area contributed by atoms with Crippen molar-refractivity contribution in [3.05, 3.63) is 42.0 Å². The zero-order chi connectivity index (χ0) is 13.4. The van der Waals surface area contributed by atoms with E-state index in [1.54, 1.807) is 12.2 Å². The van der Waals surface area contributed by atoms with Gasteiger partial charge in [0, 0.05) is 18.0 Å². The summed E-state index contributed by atoms with van der Waals surface area (Å²) in [6, 6.07) is 5.46. The predicted octanol–water partition coefficient (Wildman–Crippen LogP) is 2.81. The van der Waals surface area contributed by atoms with Gasteiger partial charge >= 0.3 is 6.61 Å². The lowest BCUT2D eigenvalue weighted by Crippen LogP contribution is -2.23. The second-order valence-corrected chi connectivity index (χ2v) is 3.55. The second kappa shape index (κ2) is 7.66. The van der Waals surface area contributed by atoms with E-state index in [1.807, 2.05) is 0 Å². The summed E-state index contributed by atoms with van der Waals surface area (Å²) in [4.78, 5) is 11.6. The summed E-state index contributed by atoms with van der Waals surface area (Å²) in [5.41, 5.74) is 0.371. The van der Waals surface area contributed by atoms with Crippen LogP contribution >= 0.6 is 11.6 Å². The minimum Gasteiger partial charge on any atom is -0.435 e. The van der Waals surface area contributed by atoms with Crippen molar-refractivity contribution in [2.75, 3.05) is 12.4 Å². The number of amides is 1. The lowest BCUT2D eigenvalue weighted by atomic mass is 10.2. The highest BCUT2D eigenvalue weighted by Crippen LogP contribution is 2.14. The molecule has 1 rings (SSSR count). The number of halogens is 3. The van der Waals surface area contributed by atoms with E-state index in [2.05, 4.69) is 10.1 Å². The molecule has 0 aliphatic carbocycles. The highest BCUT2D eigenvalue weighted by Gasteiger charge is 2.06. The number of rotatable bonds is 6. The molecule has 6 heteroatoms. The molecule has 0 heterocycles. The molecular formula is C12H12ClF2NO2. The van der Waals surface area contributed by atoms with E-state index in [4.69, 9.17) is 11.6 Å². The van der Waals surface area contributed by atoms with Gasteiger partial charge in [-0.1, -0.05) is 12.2 Å². The fourth-order valence-corrected chi connectivity index (χ4v) is 1.31. The van der Waals surface area contributed by atoms with Crippen LogP contribution in [0.1, 0.15) is 10.4 Å². The molecule has 0 atom stereocenters. The molecule has 0 fully saturated rings. The number of hydrogen-bond donors (Lipinski definition) is 1. The summed E-state index contributed by atoms with van der Waals surface area (Å²) >= 11 is 5.42. The van der Waals surface area contributed by atoms with Crippen LogP contribution in [0.15, 0.2) is 36.4 Å². The largest absolute Gasteiger partial charge is 0.435 e. The fourth-order valence-electron chi connectivity index (χ4n) is 1.19. The summed E-state index contributed by atoms with van der Waals surface area (Å²) in [6.07, 6.45) is 3.43. The Bertz CT molecular complexity index is 407. The molecule has 0 saturated carbocycles.